The highest BCUT2D eigenvalue weighted by molar-refractivity contribution is 9.10. The van der Waals surface area contributed by atoms with Gasteiger partial charge >= 0.3 is 0 Å². The van der Waals surface area contributed by atoms with E-state index in [2.05, 4.69) is 21.2 Å². The summed E-state index contributed by atoms with van der Waals surface area (Å²) in [7, 11) is 0. The number of halogens is 2. The van der Waals surface area contributed by atoms with Crippen LogP contribution in [0.25, 0.3) is 0 Å². The van der Waals surface area contributed by atoms with Crippen molar-refractivity contribution in [3.63, 3.8) is 0 Å². The second-order valence-corrected chi connectivity index (χ2v) is 6.59. The SMILES string of the molecule is Fc1ccc(Br)cc1NCC1CCC2(CCCC2)O1. The molecule has 1 saturated carbocycles. The van der Waals surface area contributed by atoms with Gasteiger partial charge in [-0.25, -0.2) is 4.39 Å². The zero-order chi connectivity index (χ0) is 13.3. The number of anilines is 1. The monoisotopic (exact) mass is 327 g/mol. The van der Waals surface area contributed by atoms with Crippen molar-refractivity contribution in [2.45, 2.75) is 50.2 Å². The largest absolute Gasteiger partial charge is 0.380 e. The fourth-order valence-corrected chi connectivity index (χ4v) is 3.64. The molecule has 19 heavy (non-hydrogen) atoms. The Kier molecular flexibility index (Phi) is 3.81. The smallest absolute Gasteiger partial charge is 0.146 e. The standard InChI is InChI=1S/C15H19BrFNO/c16-11-3-4-13(17)14(9-11)18-10-12-5-8-15(19-12)6-1-2-7-15/h3-4,9,12,18H,1-2,5-8,10H2. The van der Waals surface area contributed by atoms with Crippen LogP contribution < -0.4 is 5.32 Å². The highest BCUT2D eigenvalue weighted by Crippen LogP contribution is 2.43. The maximum Gasteiger partial charge on any atom is 0.146 e. The fraction of sp³-hybridized carbons (Fsp3) is 0.600. The summed E-state index contributed by atoms with van der Waals surface area (Å²) in [5.41, 5.74) is 0.702. The van der Waals surface area contributed by atoms with Crippen LogP contribution in [0.2, 0.25) is 0 Å². The Bertz CT molecular complexity index is 459. The molecule has 3 rings (SSSR count). The molecular weight excluding hydrogens is 309 g/mol. The van der Waals surface area contributed by atoms with Gasteiger partial charge in [-0.2, -0.15) is 0 Å². The molecule has 0 amide bonds. The van der Waals surface area contributed by atoms with Crippen LogP contribution in [-0.2, 0) is 4.74 Å². The van der Waals surface area contributed by atoms with Crippen LogP contribution in [0.1, 0.15) is 38.5 Å². The summed E-state index contributed by atoms with van der Waals surface area (Å²) in [6.45, 7) is 0.690. The van der Waals surface area contributed by atoms with Crippen LogP contribution in [0.15, 0.2) is 22.7 Å². The molecule has 1 N–H and O–H groups in total. The van der Waals surface area contributed by atoms with E-state index in [1.807, 2.05) is 0 Å². The van der Waals surface area contributed by atoms with Gasteiger partial charge in [0, 0.05) is 11.0 Å². The molecule has 0 radical (unpaired) electrons. The van der Waals surface area contributed by atoms with Crippen LogP contribution >= 0.6 is 15.9 Å². The van der Waals surface area contributed by atoms with E-state index in [1.165, 1.54) is 38.2 Å². The second kappa shape index (κ2) is 5.41. The molecule has 2 nitrogen and oxygen atoms in total. The Morgan fingerprint density at radius 3 is 2.89 bits per heavy atom. The maximum atomic E-state index is 13.6. The first-order chi connectivity index (χ1) is 9.17. The van der Waals surface area contributed by atoms with Crippen LogP contribution in [0.4, 0.5) is 10.1 Å². The summed E-state index contributed by atoms with van der Waals surface area (Å²) in [5, 5.41) is 3.17. The summed E-state index contributed by atoms with van der Waals surface area (Å²) in [5.74, 6) is -0.211. The number of rotatable bonds is 3. The summed E-state index contributed by atoms with van der Waals surface area (Å²) in [4.78, 5) is 0. The van der Waals surface area contributed by atoms with Gasteiger partial charge in [-0.05, 0) is 43.9 Å². The fourth-order valence-electron chi connectivity index (χ4n) is 3.28. The first-order valence-corrected chi connectivity index (χ1v) is 7.83. The number of benzene rings is 1. The molecule has 1 atom stereocenters. The van der Waals surface area contributed by atoms with Gasteiger partial charge in [-0.15, -0.1) is 0 Å². The Morgan fingerprint density at radius 2 is 2.11 bits per heavy atom. The Balaban J connectivity index is 1.57. The molecule has 0 aromatic heterocycles. The van der Waals surface area contributed by atoms with Gasteiger partial charge in [0.2, 0.25) is 0 Å². The van der Waals surface area contributed by atoms with E-state index in [1.54, 1.807) is 12.1 Å². The van der Waals surface area contributed by atoms with Crippen molar-refractivity contribution in [3.05, 3.63) is 28.5 Å². The molecule has 4 heteroatoms. The predicted molar refractivity (Wildman–Crippen MR) is 77.9 cm³/mol. The van der Waals surface area contributed by atoms with Crippen LogP contribution in [0, 0.1) is 5.82 Å². The summed E-state index contributed by atoms with van der Waals surface area (Å²) >= 11 is 3.36. The first-order valence-electron chi connectivity index (χ1n) is 7.04. The van der Waals surface area contributed by atoms with Crippen LogP contribution in [-0.4, -0.2) is 18.2 Å². The van der Waals surface area contributed by atoms with Crippen molar-refractivity contribution in [1.29, 1.82) is 0 Å². The lowest BCUT2D eigenvalue weighted by atomic mass is 9.98. The molecular formula is C15H19BrFNO. The van der Waals surface area contributed by atoms with Gasteiger partial charge in [0.25, 0.3) is 0 Å². The third-order valence-electron chi connectivity index (χ3n) is 4.30. The van der Waals surface area contributed by atoms with E-state index in [0.29, 0.717) is 12.2 Å². The third kappa shape index (κ3) is 2.95. The van der Waals surface area contributed by atoms with Crippen molar-refractivity contribution >= 4 is 21.6 Å². The van der Waals surface area contributed by atoms with Crippen molar-refractivity contribution < 1.29 is 9.13 Å². The van der Waals surface area contributed by atoms with E-state index in [4.69, 9.17) is 4.74 Å². The summed E-state index contributed by atoms with van der Waals surface area (Å²) in [6, 6.07) is 4.95. The van der Waals surface area contributed by atoms with Gasteiger partial charge in [0.05, 0.1) is 17.4 Å². The minimum Gasteiger partial charge on any atom is -0.380 e. The number of hydrogen-bond acceptors (Lipinski definition) is 2. The minimum absolute atomic E-state index is 0.155. The topological polar surface area (TPSA) is 21.3 Å². The van der Waals surface area contributed by atoms with Crippen molar-refractivity contribution in [1.82, 2.24) is 0 Å². The average Bonchev–Trinajstić information content (AvgIpc) is 3.02. The van der Waals surface area contributed by atoms with E-state index < -0.39 is 0 Å². The molecule has 1 aliphatic carbocycles. The normalized spacial score (nSPS) is 25.1. The van der Waals surface area contributed by atoms with Gasteiger partial charge in [-0.1, -0.05) is 28.8 Å². The molecule has 1 aromatic rings. The molecule has 1 aromatic carbocycles. The van der Waals surface area contributed by atoms with Crippen molar-refractivity contribution in [2.24, 2.45) is 0 Å². The molecule has 1 saturated heterocycles. The molecule has 2 fully saturated rings. The summed E-state index contributed by atoms with van der Waals surface area (Å²) < 4.78 is 20.7. The molecule has 2 aliphatic rings. The molecule has 0 bridgehead atoms. The number of ether oxygens (including phenoxy) is 1. The van der Waals surface area contributed by atoms with E-state index >= 15 is 0 Å². The Labute approximate surface area is 121 Å². The van der Waals surface area contributed by atoms with E-state index in [9.17, 15) is 4.39 Å². The predicted octanol–water partition coefficient (Wildman–Crippen LogP) is 4.49. The highest BCUT2D eigenvalue weighted by atomic mass is 79.9. The molecule has 1 aliphatic heterocycles. The lowest BCUT2D eigenvalue weighted by Gasteiger charge is -2.24. The second-order valence-electron chi connectivity index (χ2n) is 5.67. The Morgan fingerprint density at radius 1 is 1.32 bits per heavy atom. The number of nitrogens with one attached hydrogen (secondary N) is 1. The minimum atomic E-state index is -0.211. The average molecular weight is 328 g/mol. The van der Waals surface area contributed by atoms with Crippen molar-refractivity contribution in [3.8, 4) is 0 Å². The lowest BCUT2D eigenvalue weighted by molar-refractivity contribution is -0.0307. The molecule has 1 unspecified atom stereocenters. The molecule has 104 valence electrons. The lowest BCUT2D eigenvalue weighted by Crippen LogP contribution is -2.28. The summed E-state index contributed by atoms with van der Waals surface area (Å²) in [6.07, 6.45) is 7.46. The van der Waals surface area contributed by atoms with E-state index in [-0.39, 0.29) is 17.5 Å². The Hall–Kier alpha value is -0.610. The number of hydrogen-bond donors (Lipinski definition) is 1. The third-order valence-corrected chi connectivity index (χ3v) is 4.80. The first kappa shape index (κ1) is 13.4. The molecule has 1 heterocycles. The van der Waals surface area contributed by atoms with Gasteiger partial charge in [0.1, 0.15) is 5.82 Å². The van der Waals surface area contributed by atoms with Crippen LogP contribution in [0.3, 0.4) is 0 Å². The highest BCUT2D eigenvalue weighted by Gasteiger charge is 2.41. The van der Waals surface area contributed by atoms with Crippen LogP contribution in [0.5, 0.6) is 0 Å². The maximum absolute atomic E-state index is 13.6. The van der Waals surface area contributed by atoms with Crippen molar-refractivity contribution in [2.75, 3.05) is 11.9 Å². The zero-order valence-electron chi connectivity index (χ0n) is 10.9. The quantitative estimate of drug-likeness (QED) is 0.883. The zero-order valence-corrected chi connectivity index (χ0v) is 12.5. The molecule has 1 spiro atoms. The van der Waals surface area contributed by atoms with Gasteiger partial charge in [0.15, 0.2) is 0 Å². The van der Waals surface area contributed by atoms with Gasteiger partial charge in [-0.3, -0.25) is 0 Å². The van der Waals surface area contributed by atoms with Gasteiger partial charge < -0.3 is 10.1 Å². The van der Waals surface area contributed by atoms with E-state index in [0.717, 1.165) is 10.9 Å².